The van der Waals surface area contributed by atoms with Crippen LogP contribution in [0.15, 0.2) is 47.4 Å². The minimum absolute atomic E-state index is 0.208. The number of rotatable bonds is 3. The average Bonchev–Trinajstić information content (AvgIpc) is 2.54. The van der Waals surface area contributed by atoms with Gasteiger partial charge in [-0.25, -0.2) is 8.42 Å². The zero-order valence-electron chi connectivity index (χ0n) is 12.1. The molecule has 1 aliphatic heterocycles. The highest BCUT2D eigenvalue weighted by atomic mass is 32.2. The zero-order chi connectivity index (χ0) is 15.7. The second-order valence-electron chi connectivity index (χ2n) is 5.54. The van der Waals surface area contributed by atoms with Gasteiger partial charge in [0.1, 0.15) is 6.04 Å². The van der Waals surface area contributed by atoms with Crippen LogP contribution in [0.25, 0.3) is 10.8 Å². The van der Waals surface area contributed by atoms with Crippen molar-refractivity contribution in [1.29, 1.82) is 0 Å². The Morgan fingerprint density at radius 2 is 1.82 bits per heavy atom. The number of fused-ring (bicyclic) bond motifs is 1. The Balaban J connectivity index is 2.04. The van der Waals surface area contributed by atoms with Gasteiger partial charge in [-0.3, -0.25) is 4.79 Å². The van der Waals surface area contributed by atoms with Crippen molar-refractivity contribution in [2.75, 3.05) is 6.54 Å². The fourth-order valence-corrected chi connectivity index (χ4v) is 4.64. The van der Waals surface area contributed by atoms with Crippen LogP contribution < -0.4 is 5.73 Å². The second kappa shape index (κ2) is 5.70. The summed E-state index contributed by atoms with van der Waals surface area (Å²) in [5, 5.41) is 1.84. The molecule has 2 aromatic carbocycles. The van der Waals surface area contributed by atoms with Gasteiger partial charge >= 0.3 is 0 Å². The number of sulfonamides is 1. The maximum atomic E-state index is 12.9. The van der Waals surface area contributed by atoms with Crippen molar-refractivity contribution in [1.82, 2.24) is 4.31 Å². The molecule has 0 radical (unpaired) electrons. The van der Waals surface area contributed by atoms with Crippen LogP contribution in [0.2, 0.25) is 0 Å². The molecule has 0 unspecified atom stereocenters. The molecular formula is C16H18N2O3S. The Labute approximate surface area is 129 Å². The normalized spacial score (nSPS) is 20.1. The highest BCUT2D eigenvalue weighted by Gasteiger charge is 2.36. The summed E-state index contributed by atoms with van der Waals surface area (Å²) in [6.07, 6.45) is 2.05. The van der Waals surface area contributed by atoms with Gasteiger partial charge in [-0.15, -0.1) is 0 Å². The van der Waals surface area contributed by atoms with Crippen molar-refractivity contribution in [3.8, 4) is 0 Å². The van der Waals surface area contributed by atoms with Gasteiger partial charge in [-0.05, 0) is 35.7 Å². The van der Waals surface area contributed by atoms with Crippen LogP contribution in [0, 0.1) is 0 Å². The lowest BCUT2D eigenvalue weighted by Crippen LogP contribution is -2.50. The van der Waals surface area contributed by atoms with Crippen LogP contribution in [0.4, 0.5) is 0 Å². The highest BCUT2D eigenvalue weighted by Crippen LogP contribution is 2.27. The van der Waals surface area contributed by atoms with Gasteiger partial charge in [0, 0.05) is 6.54 Å². The maximum absolute atomic E-state index is 12.9. The molecule has 0 bridgehead atoms. The molecule has 0 aromatic heterocycles. The number of carbonyl (C=O) groups excluding carboxylic acids is 1. The van der Waals surface area contributed by atoms with Gasteiger partial charge in [0.2, 0.25) is 15.9 Å². The molecule has 5 nitrogen and oxygen atoms in total. The molecule has 6 heteroatoms. The van der Waals surface area contributed by atoms with Gasteiger partial charge < -0.3 is 5.73 Å². The molecule has 1 atom stereocenters. The fraction of sp³-hybridized carbons (Fsp3) is 0.312. The Hall–Kier alpha value is -1.92. The molecule has 2 aromatic rings. The van der Waals surface area contributed by atoms with E-state index in [1.807, 2.05) is 24.3 Å². The molecule has 2 N–H and O–H groups in total. The smallest absolute Gasteiger partial charge is 0.243 e. The van der Waals surface area contributed by atoms with Crippen LogP contribution in [-0.2, 0) is 14.8 Å². The van der Waals surface area contributed by atoms with Crippen molar-refractivity contribution in [2.24, 2.45) is 5.73 Å². The summed E-state index contributed by atoms with van der Waals surface area (Å²) >= 11 is 0. The van der Waals surface area contributed by atoms with E-state index in [1.165, 1.54) is 4.31 Å². The van der Waals surface area contributed by atoms with E-state index < -0.39 is 22.0 Å². The van der Waals surface area contributed by atoms with E-state index in [0.717, 1.165) is 23.6 Å². The molecule has 0 spiro atoms. The number of nitrogens with two attached hydrogens (primary N) is 1. The highest BCUT2D eigenvalue weighted by molar-refractivity contribution is 7.89. The largest absolute Gasteiger partial charge is 0.368 e. The third kappa shape index (κ3) is 2.60. The predicted molar refractivity (Wildman–Crippen MR) is 84.7 cm³/mol. The summed E-state index contributed by atoms with van der Waals surface area (Å²) in [6.45, 7) is 0.336. The van der Waals surface area contributed by atoms with E-state index in [0.29, 0.717) is 13.0 Å². The summed E-state index contributed by atoms with van der Waals surface area (Å²) in [5.74, 6) is -0.580. The number of nitrogens with zero attached hydrogens (tertiary/aromatic N) is 1. The number of carbonyl (C=O) groups is 1. The molecule has 1 fully saturated rings. The quantitative estimate of drug-likeness (QED) is 0.938. The topological polar surface area (TPSA) is 80.5 Å². The predicted octanol–water partition coefficient (Wildman–Crippen LogP) is 1.87. The van der Waals surface area contributed by atoms with Gasteiger partial charge in [0.15, 0.2) is 0 Å². The van der Waals surface area contributed by atoms with E-state index in [9.17, 15) is 13.2 Å². The molecule has 1 saturated heterocycles. The molecule has 1 aliphatic rings. The maximum Gasteiger partial charge on any atom is 0.243 e. The van der Waals surface area contributed by atoms with Crippen LogP contribution in [0.3, 0.4) is 0 Å². The molecule has 116 valence electrons. The van der Waals surface area contributed by atoms with Crippen LogP contribution in [0.1, 0.15) is 19.3 Å². The monoisotopic (exact) mass is 318 g/mol. The molecular weight excluding hydrogens is 300 g/mol. The number of piperidine rings is 1. The number of primary amides is 1. The lowest BCUT2D eigenvalue weighted by molar-refractivity contribution is -0.122. The van der Waals surface area contributed by atoms with Crippen LogP contribution >= 0.6 is 0 Å². The Kier molecular flexibility index (Phi) is 3.88. The van der Waals surface area contributed by atoms with E-state index in [-0.39, 0.29) is 4.90 Å². The molecule has 1 amide bonds. The number of amides is 1. The Morgan fingerprint density at radius 3 is 2.55 bits per heavy atom. The molecule has 3 rings (SSSR count). The van der Waals surface area contributed by atoms with Crippen LogP contribution in [-0.4, -0.2) is 31.2 Å². The number of benzene rings is 2. The number of hydrogen-bond acceptors (Lipinski definition) is 3. The minimum Gasteiger partial charge on any atom is -0.368 e. The second-order valence-corrected chi connectivity index (χ2v) is 7.43. The molecule has 0 saturated carbocycles. The first kappa shape index (κ1) is 15.0. The lowest BCUT2D eigenvalue weighted by atomic mass is 10.0. The van der Waals surface area contributed by atoms with Gasteiger partial charge in [-0.1, -0.05) is 36.8 Å². The first-order valence-corrected chi connectivity index (χ1v) is 8.74. The summed E-state index contributed by atoms with van der Waals surface area (Å²) in [5.41, 5.74) is 5.38. The van der Waals surface area contributed by atoms with E-state index >= 15 is 0 Å². The average molecular weight is 318 g/mol. The minimum atomic E-state index is -3.72. The van der Waals surface area contributed by atoms with Gasteiger partial charge in [0.05, 0.1) is 4.90 Å². The SMILES string of the molecule is NC(=O)[C@H]1CCCCN1S(=O)(=O)c1ccc2ccccc2c1. The van der Waals surface area contributed by atoms with Gasteiger partial charge in [-0.2, -0.15) is 4.31 Å². The standard InChI is InChI=1S/C16H18N2O3S/c17-16(19)15-7-3-4-10-18(15)22(20,21)14-9-8-12-5-1-2-6-13(12)11-14/h1-2,5-6,8-9,11,15H,3-4,7,10H2,(H2,17,19)/t15-/m1/s1. The number of hydrogen-bond donors (Lipinski definition) is 1. The summed E-state index contributed by atoms with van der Waals surface area (Å²) in [6, 6.07) is 11.9. The Bertz CT molecular complexity index is 817. The van der Waals surface area contributed by atoms with Crippen molar-refractivity contribution in [2.45, 2.75) is 30.2 Å². The molecule has 0 aliphatic carbocycles. The summed E-state index contributed by atoms with van der Waals surface area (Å²) in [7, 11) is -3.72. The lowest BCUT2D eigenvalue weighted by Gasteiger charge is -2.32. The van der Waals surface area contributed by atoms with Crippen LogP contribution in [0.5, 0.6) is 0 Å². The Morgan fingerprint density at radius 1 is 1.09 bits per heavy atom. The van der Waals surface area contributed by atoms with Crippen molar-refractivity contribution in [3.05, 3.63) is 42.5 Å². The van der Waals surface area contributed by atoms with Gasteiger partial charge in [0.25, 0.3) is 0 Å². The zero-order valence-corrected chi connectivity index (χ0v) is 12.9. The summed E-state index contributed by atoms with van der Waals surface area (Å²) in [4.78, 5) is 11.8. The third-order valence-corrected chi connectivity index (χ3v) is 6.01. The van der Waals surface area contributed by atoms with Crippen molar-refractivity contribution < 1.29 is 13.2 Å². The van der Waals surface area contributed by atoms with Crippen molar-refractivity contribution >= 4 is 26.7 Å². The van der Waals surface area contributed by atoms with Crippen molar-refractivity contribution in [3.63, 3.8) is 0 Å². The first-order chi connectivity index (χ1) is 10.5. The molecule has 1 heterocycles. The van der Waals surface area contributed by atoms with E-state index in [2.05, 4.69) is 0 Å². The fourth-order valence-electron chi connectivity index (χ4n) is 2.94. The molecule has 22 heavy (non-hydrogen) atoms. The van der Waals surface area contributed by atoms with E-state index in [1.54, 1.807) is 18.2 Å². The summed E-state index contributed by atoms with van der Waals surface area (Å²) < 4.78 is 27.0. The third-order valence-electron chi connectivity index (χ3n) is 4.11. The van der Waals surface area contributed by atoms with E-state index in [4.69, 9.17) is 5.73 Å². The first-order valence-electron chi connectivity index (χ1n) is 7.30.